The summed E-state index contributed by atoms with van der Waals surface area (Å²) in [4.78, 5) is 22.6. The minimum atomic E-state index is -0.543. The fraction of sp³-hybridized carbons (Fsp3) is 0.476. The molecule has 1 aliphatic heterocycles. The van der Waals surface area contributed by atoms with Crippen molar-refractivity contribution in [1.29, 1.82) is 0 Å². The second-order valence-electron chi connectivity index (χ2n) is 8.03. The Morgan fingerprint density at radius 3 is 2.58 bits per heavy atom. The molecular weight excluding hydrogens is 443 g/mol. The third-order valence-corrected chi connectivity index (χ3v) is 5.06. The molecule has 1 amide bonds. The smallest absolute Gasteiger partial charge is 0.407 e. The summed E-state index contributed by atoms with van der Waals surface area (Å²) in [6, 6.07) is 5.31. The maximum absolute atomic E-state index is 11.8. The lowest BCUT2D eigenvalue weighted by Gasteiger charge is -2.33. The summed E-state index contributed by atoms with van der Waals surface area (Å²) in [5.74, 6) is 1.07. The molecule has 1 aromatic heterocycles. The van der Waals surface area contributed by atoms with Crippen LogP contribution in [0.2, 0.25) is 10.0 Å². The lowest BCUT2D eigenvalue weighted by Crippen LogP contribution is -2.48. The molecule has 2 aromatic rings. The summed E-state index contributed by atoms with van der Waals surface area (Å²) in [7, 11) is 0. The van der Waals surface area contributed by atoms with Gasteiger partial charge >= 0.3 is 6.09 Å². The van der Waals surface area contributed by atoms with Crippen LogP contribution in [-0.2, 0) is 16.1 Å². The van der Waals surface area contributed by atoms with Crippen molar-refractivity contribution in [2.24, 2.45) is 0 Å². The fourth-order valence-corrected chi connectivity index (χ4v) is 3.42. The molecule has 0 aliphatic carbocycles. The topological polar surface area (TPSA) is 85.8 Å². The Kier molecular flexibility index (Phi) is 7.80. The number of aromatic nitrogens is 2. The number of rotatable bonds is 6. The molecule has 1 aromatic carbocycles. The van der Waals surface area contributed by atoms with Crippen LogP contribution >= 0.6 is 23.2 Å². The molecule has 1 aliphatic rings. The van der Waals surface area contributed by atoms with Crippen LogP contribution in [0.15, 0.2) is 30.6 Å². The molecule has 1 N–H and O–H groups in total. The number of alkyl carbamates (subject to hydrolysis) is 1. The van der Waals surface area contributed by atoms with Gasteiger partial charge in [0.25, 0.3) is 0 Å². The molecule has 10 heteroatoms. The number of ether oxygens (including phenoxy) is 3. The highest BCUT2D eigenvalue weighted by molar-refractivity contribution is 6.35. The number of benzene rings is 1. The van der Waals surface area contributed by atoms with Gasteiger partial charge in [-0.1, -0.05) is 29.3 Å². The van der Waals surface area contributed by atoms with E-state index in [-0.39, 0.29) is 12.7 Å². The van der Waals surface area contributed by atoms with Gasteiger partial charge in [0.15, 0.2) is 5.75 Å². The second kappa shape index (κ2) is 10.3. The number of nitrogens with zero attached hydrogens (tertiary/aromatic N) is 3. The molecular formula is C21H26Cl2N4O4. The van der Waals surface area contributed by atoms with Crippen LogP contribution < -0.4 is 15.0 Å². The van der Waals surface area contributed by atoms with Gasteiger partial charge in [-0.2, -0.15) is 0 Å². The zero-order chi connectivity index (χ0) is 22.4. The van der Waals surface area contributed by atoms with Crippen LogP contribution in [-0.4, -0.2) is 54.0 Å². The number of carbonyl (C=O) groups excluding carboxylic acids is 1. The van der Waals surface area contributed by atoms with E-state index in [0.29, 0.717) is 53.5 Å². The van der Waals surface area contributed by atoms with E-state index in [0.717, 1.165) is 0 Å². The van der Waals surface area contributed by atoms with Gasteiger partial charge in [0, 0.05) is 35.2 Å². The molecule has 0 radical (unpaired) electrons. The molecule has 1 saturated heterocycles. The molecule has 31 heavy (non-hydrogen) atoms. The van der Waals surface area contributed by atoms with Gasteiger partial charge in [-0.15, -0.1) is 0 Å². The fourth-order valence-electron chi connectivity index (χ4n) is 2.91. The van der Waals surface area contributed by atoms with Crippen molar-refractivity contribution >= 4 is 35.2 Å². The lowest BCUT2D eigenvalue weighted by molar-refractivity contribution is 0.0279. The number of anilines is 1. The Morgan fingerprint density at radius 1 is 1.26 bits per heavy atom. The van der Waals surface area contributed by atoms with E-state index in [9.17, 15) is 4.79 Å². The molecule has 1 atom stereocenters. The van der Waals surface area contributed by atoms with Crippen LogP contribution in [0.1, 0.15) is 26.3 Å². The Hall–Kier alpha value is -2.29. The number of morpholine rings is 1. The highest BCUT2D eigenvalue weighted by Gasteiger charge is 2.24. The van der Waals surface area contributed by atoms with Crippen molar-refractivity contribution < 1.29 is 19.0 Å². The Labute approximate surface area is 191 Å². The second-order valence-corrected chi connectivity index (χ2v) is 8.84. The summed E-state index contributed by atoms with van der Waals surface area (Å²) in [5, 5.41) is 3.83. The number of hydrogen-bond acceptors (Lipinski definition) is 7. The van der Waals surface area contributed by atoms with E-state index in [1.807, 2.05) is 25.7 Å². The average Bonchev–Trinajstić information content (AvgIpc) is 2.71. The van der Waals surface area contributed by atoms with E-state index in [1.54, 1.807) is 30.6 Å². The molecule has 2 heterocycles. The molecule has 0 bridgehead atoms. The molecule has 3 rings (SSSR count). The van der Waals surface area contributed by atoms with Gasteiger partial charge < -0.3 is 24.4 Å². The third kappa shape index (κ3) is 7.12. The van der Waals surface area contributed by atoms with Gasteiger partial charge in [-0.05, 0) is 32.9 Å². The zero-order valence-electron chi connectivity index (χ0n) is 17.7. The highest BCUT2D eigenvalue weighted by atomic mass is 35.5. The predicted molar refractivity (Wildman–Crippen MR) is 119 cm³/mol. The summed E-state index contributed by atoms with van der Waals surface area (Å²) < 4.78 is 16.7. The van der Waals surface area contributed by atoms with E-state index in [4.69, 9.17) is 37.4 Å². The molecule has 0 spiro atoms. The van der Waals surface area contributed by atoms with Gasteiger partial charge in [0.1, 0.15) is 12.2 Å². The summed E-state index contributed by atoms with van der Waals surface area (Å²) in [5.41, 5.74) is 0.168. The highest BCUT2D eigenvalue weighted by Crippen LogP contribution is 2.26. The lowest BCUT2D eigenvalue weighted by atomic mass is 10.2. The van der Waals surface area contributed by atoms with E-state index in [1.165, 1.54) is 0 Å². The molecule has 0 unspecified atom stereocenters. The van der Waals surface area contributed by atoms with Crippen LogP contribution in [0.25, 0.3) is 0 Å². The first-order valence-electron chi connectivity index (χ1n) is 9.92. The van der Waals surface area contributed by atoms with E-state index in [2.05, 4.69) is 15.3 Å². The van der Waals surface area contributed by atoms with E-state index < -0.39 is 11.7 Å². The molecule has 8 nitrogen and oxygen atoms in total. The van der Waals surface area contributed by atoms with Gasteiger partial charge in [-0.3, -0.25) is 0 Å². The normalized spacial score (nSPS) is 16.7. The largest absolute Gasteiger partial charge is 0.486 e. The number of hydrogen-bond donors (Lipinski definition) is 1. The van der Waals surface area contributed by atoms with Crippen LogP contribution in [0.5, 0.6) is 5.75 Å². The number of amides is 1. The number of nitrogens with one attached hydrogen (secondary N) is 1. The summed E-state index contributed by atoms with van der Waals surface area (Å²) in [6.45, 7) is 7.72. The monoisotopic (exact) mass is 468 g/mol. The van der Waals surface area contributed by atoms with Crippen LogP contribution in [0, 0.1) is 0 Å². The maximum Gasteiger partial charge on any atom is 0.407 e. The quantitative estimate of drug-likeness (QED) is 0.682. The Morgan fingerprint density at radius 2 is 1.94 bits per heavy atom. The minimum absolute atomic E-state index is 0.192. The standard InChI is InChI=1S/C21H26Cl2N4O4/c1-21(2,3)31-20(28)26-11-15-12-27(7-8-29-15)19-24-9-14(10-25-19)30-13-16-17(22)5-4-6-18(16)23/h4-6,9-10,15H,7-8,11-13H2,1-3H3,(H,26,28)/t15-/m0/s1. The maximum atomic E-state index is 11.8. The summed E-state index contributed by atoms with van der Waals surface area (Å²) in [6.07, 6.45) is 2.56. The molecule has 1 fully saturated rings. The van der Waals surface area contributed by atoms with E-state index >= 15 is 0 Å². The van der Waals surface area contributed by atoms with Crippen molar-refractivity contribution in [3.05, 3.63) is 46.2 Å². The predicted octanol–water partition coefficient (Wildman–Crippen LogP) is 4.09. The molecule has 168 valence electrons. The van der Waals surface area contributed by atoms with Gasteiger partial charge in [-0.25, -0.2) is 14.8 Å². The van der Waals surface area contributed by atoms with Crippen molar-refractivity contribution in [2.75, 3.05) is 31.1 Å². The van der Waals surface area contributed by atoms with Crippen molar-refractivity contribution in [3.63, 3.8) is 0 Å². The average molecular weight is 469 g/mol. The Bertz CT molecular complexity index is 870. The number of carbonyl (C=O) groups is 1. The van der Waals surface area contributed by atoms with Crippen LogP contribution in [0.3, 0.4) is 0 Å². The third-order valence-electron chi connectivity index (χ3n) is 4.35. The first-order chi connectivity index (χ1) is 14.7. The van der Waals surface area contributed by atoms with Crippen molar-refractivity contribution in [3.8, 4) is 5.75 Å². The minimum Gasteiger partial charge on any atom is -0.486 e. The van der Waals surface area contributed by atoms with Crippen LogP contribution in [0.4, 0.5) is 10.7 Å². The number of halogens is 2. The van der Waals surface area contributed by atoms with Crippen molar-refractivity contribution in [2.45, 2.75) is 39.1 Å². The van der Waals surface area contributed by atoms with Gasteiger partial charge in [0.2, 0.25) is 5.95 Å². The summed E-state index contributed by atoms with van der Waals surface area (Å²) >= 11 is 12.3. The zero-order valence-corrected chi connectivity index (χ0v) is 19.2. The first-order valence-corrected chi connectivity index (χ1v) is 10.7. The SMILES string of the molecule is CC(C)(C)OC(=O)NC[C@H]1CN(c2ncc(OCc3c(Cl)cccc3Cl)cn2)CCO1. The molecule has 0 saturated carbocycles. The Balaban J connectivity index is 1.51. The van der Waals surface area contributed by atoms with Gasteiger partial charge in [0.05, 0.1) is 25.1 Å². The van der Waals surface area contributed by atoms with Crippen molar-refractivity contribution in [1.82, 2.24) is 15.3 Å². The first kappa shape index (κ1) is 23.4.